The molecule has 0 saturated carbocycles. The van der Waals surface area contributed by atoms with Crippen molar-refractivity contribution in [3.8, 4) is 5.69 Å². The number of nitrogens with two attached hydrogens (primary N) is 1. The van der Waals surface area contributed by atoms with Crippen molar-refractivity contribution in [3.63, 3.8) is 0 Å². The van der Waals surface area contributed by atoms with Crippen molar-refractivity contribution in [1.82, 2.24) is 9.88 Å². The Morgan fingerprint density at radius 1 is 1.18 bits per heavy atom. The molecule has 0 aliphatic carbocycles. The van der Waals surface area contributed by atoms with E-state index in [1.54, 1.807) is 0 Å². The molecule has 3 N–H and O–H groups in total. The van der Waals surface area contributed by atoms with E-state index in [4.69, 9.17) is 17.3 Å². The molecule has 22 heavy (non-hydrogen) atoms. The molecule has 2 aromatic rings. The Hall–Kier alpha value is -2.19. The normalized spacial score (nSPS) is 13.2. The maximum atomic E-state index is 14.2. The Morgan fingerprint density at radius 3 is 2.50 bits per heavy atom. The summed E-state index contributed by atoms with van der Waals surface area (Å²) in [6.45, 7) is 0. The molecule has 0 atom stereocenters. The minimum Gasteiger partial charge on any atom is -0.384 e. The van der Waals surface area contributed by atoms with E-state index >= 15 is 0 Å². The SMILES string of the molecule is Nc1c2c(cc(=O)n1-c1c(F)cc(Cl)cc1Br)C(=O)NC2=O. The summed E-state index contributed by atoms with van der Waals surface area (Å²) in [7, 11) is 0. The van der Waals surface area contributed by atoms with Gasteiger partial charge in [0, 0.05) is 15.6 Å². The first-order valence-corrected chi connectivity index (χ1v) is 7.04. The molecule has 6 nitrogen and oxygen atoms in total. The molecule has 1 aliphatic rings. The number of hydrogen-bond acceptors (Lipinski definition) is 4. The largest absolute Gasteiger partial charge is 0.384 e. The number of nitrogens with zero attached hydrogens (tertiary/aromatic N) is 1. The first-order valence-electron chi connectivity index (χ1n) is 5.87. The van der Waals surface area contributed by atoms with Crippen molar-refractivity contribution in [2.24, 2.45) is 0 Å². The van der Waals surface area contributed by atoms with Crippen LogP contribution in [0.5, 0.6) is 0 Å². The van der Waals surface area contributed by atoms with Crippen molar-refractivity contribution in [1.29, 1.82) is 0 Å². The van der Waals surface area contributed by atoms with Crippen LogP contribution in [-0.4, -0.2) is 16.4 Å². The topological polar surface area (TPSA) is 94.2 Å². The maximum absolute atomic E-state index is 14.2. The molecule has 0 saturated heterocycles. The minimum atomic E-state index is -0.808. The van der Waals surface area contributed by atoms with E-state index < -0.39 is 23.2 Å². The molecule has 0 unspecified atom stereocenters. The zero-order valence-electron chi connectivity index (χ0n) is 10.6. The molecule has 1 aromatic heterocycles. The predicted octanol–water partition coefficient (Wildman–Crippen LogP) is 1.86. The van der Waals surface area contributed by atoms with E-state index in [1.165, 1.54) is 6.07 Å². The number of hydrogen-bond donors (Lipinski definition) is 2. The van der Waals surface area contributed by atoms with Gasteiger partial charge in [-0.2, -0.15) is 0 Å². The Kier molecular flexibility index (Phi) is 3.30. The predicted molar refractivity (Wildman–Crippen MR) is 80.9 cm³/mol. The molecule has 112 valence electrons. The fourth-order valence-electron chi connectivity index (χ4n) is 2.26. The van der Waals surface area contributed by atoms with Crippen LogP contribution < -0.4 is 16.6 Å². The van der Waals surface area contributed by atoms with Crippen LogP contribution in [0.4, 0.5) is 10.2 Å². The van der Waals surface area contributed by atoms with E-state index in [1.807, 2.05) is 5.32 Å². The van der Waals surface area contributed by atoms with Crippen LogP contribution in [0.15, 0.2) is 27.5 Å². The average Bonchev–Trinajstić information content (AvgIpc) is 2.67. The second kappa shape index (κ2) is 4.92. The van der Waals surface area contributed by atoms with Crippen molar-refractivity contribution in [2.75, 3.05) is 5.73 Å². The summed E-state index contributed by atoms with van der Waals surface area (Å²) >= 11 is 8.83. The highest BCUT2D eigenvalue weighted by Crippen LogP contribution is 2.30. The Balaban J connectivity index is 2.40. The first-order chi connectivity index (χ1) is 10.3. The van der Waals surface area contributed by atoms with Gasteiger partial charge in [-0.3, -0.25) is 24.3 Å². The zero-order chi connectivity index (χ0) is 16.2. The van der Waals surface area contributed by atoms with E-state index in [-0.39, 0.29) is 32.1 Å². The molecule has 1 aliphatic heterocycles. The quantitative estimate of drug-likeness (QED) is 0.732. The molecule has 0 radical (unpaired) electrons. The van der Waals surface area contributed by atoms with Crippen LogP contribution in [0, 0.1) is 5.82 Å². The van der Waals surface area contributed by atoms with Gasteiger partial charge < -0.3 is 5.73 Å². The van der Waals surface area contributed by atoms with Gasteiger partial charge in [0.05, 0.1) is 11.1 Å². The highest BCUT2D eigenvalue weighted by Gasteiger charge is 2.32. The fraction of sp³-hybridized carbons (Fsp3) is 0. The molecule has 1 aromatic carbocycles. The average molecular weight is 387 g/mol. The van der Waals surface area contributed by atoms with Crippen molar-refractivity contribution in [2.45, 2.75) is 0 Å². The lowest BCUT2D eigenvalue weighted by Crippen LogP contribution is -2.25. The number of aromatic nitrogens is 1. The second-order valence-corrected chi connectivity index (χ2v) is 5.78. The monoisotopic (exact) mass is 385 g/mol. The number of carbonyl (C=O) groups is 2. The van der Waals surface area contributed by atoms with E-state index in [9.17, 15) is 18.8 Å². The smallest absolute Gasteiger partial charge is 0.262 e. The zero-order valence-corrected chi connectivity index (χ0v) is 13.0. The van der Waals surface area contributed by atoms with E-state index in [2.05, 4.69) is 15.9 Å². The lowest BCUT2D eigenvalue weighted by molar-refractivity contribution is 0.0880. The third-order valence-electron chi connectivity index (χ3n) is 3.16. The number of fused-ring (bicyclic) bond motifs is 1. The van der Waals surface area contributed by atoms with Gasteiger partial charge in [0.1, 0.15) is 17.3 Å². The number of anilines is 1. The number of pyridine rings is 1. The number of nitrogen functional groups attached to an aromatic ring is 1. The van der Waals surface area contributed by atoms with Crippen LogP contribution in [-0.2, 0) is 0 Å². The minimum absolute atomic E-state index is 0.119. The third-order valence-corrected chi connectivity index (χ3v) is 3.98. The summed E-state index contributed by atoms with van der Waals surface area (Å²) in [5.74, 6) is -2.59. The Labute approximate surface area is 135 Å². The number of amides is 2. The molecule has 2 heterocycles. The van der Waals surface area contributed by atoms with Crippen molar-refractivity contribution < 1.29 is 14.0 Å². The number of benzene rings is 1. The molecular weight excluding hydrogens is 381 g/mol. The number of nitrogens with one attached hydrogen (secondary N) is 1. The van der Waals surface area contributed by atoms with Gasteiger partial charge in [0.2, 0.25) is 0 Å². The summed E-state index contributed by atoms with van der Waals surface area (Å²) in [6, 6.07) is 3.32. The summed E-state index contributed by atoms with van der Waals surface area (Å²) in [6.07, 6.45) is 0. The summed E-state index contributed by atoms with van der Waals surface area (Å²) in [5.41, 5.74) is 4.59. The van der Waals surface area contributed by atoms with Crippen LogP contribution in [0.3, 0.4) is 0 Å². The molecule has 9 heteroatoms. The fourth-order valence-corrected chi connectivity index (χ4v) is 3.21. The molecule has 2 amide bonds. The lowest BCUT2D eigenvalue weighted by atomic mass is 10.1. The van der Waals surface area contributed by atoms with E-state index in [0.29, 0.717) is 0 Å². The van der Waals surface area contributed by atoms with Gasteiger partial charge in [-0.1, -0.05) is 11.6 Å². The van der Waals surface area contributed by atoms with Crippen LogP contribution >= 0.6 is 27.5 Å². The van der Waals surface area contributed by atoms with E-state index in [0.717, 1.165) is 16.7 Å². The molecule has 0 fully saturated rings. The highest BCUT2D eigenvalue weighted by atomic mass is 79.9. The number of carbonyl (C=O) groups excluding carboxylic acids is 2. The summed E-state index contributed by atoms with van der Waals surface area (Å²) < 4.78 is 15.2. The van der Waals surface area contributed by atoms with Crippen LogP contribution in [0.25, 0.3) is 5.69 Å². The van der Waals surface area contributed by atoms with Gasteiger partial charge in [-0.15, -0.1) is 0 Å². The van der Waals surface area contributed by atoms with Crippen LogP contribution in [0.2, 0.25) is 5.02 Å². The molecule has 3 rings (SSSR count). The Bertz CT molecular complexity index is 902. The standard InChI is InChI=1S/C13H6BrClFN3O3/c14-6-1-4(15)2-7(16)10(6)19-8(20)3-5-9(11(19)17)13(22)18-12(5)21/h1-3H,17H2,(H,18,21,22). The maximum Gasteiger partial charge on any atom is 0.262 e. The van der Waals surface area contributed by atoms with Crippen molar-refractivity contribution in [3.05, 3.63) is 55.0 Å². The van der Waals surface area contributed by atoms with Crippen molar-refractivity contribution >= 4 is 45.2 Å². The molecule has 0 bridgehead atoms. The van der Waals surface area contributed by atoms with Gasteiger partial charge in [-0.25, -0.2) is 4.39 Å². The second-order valence-electron chi connectivity index (χ2n) is 4.49. The number of rotatable bonds is 1. The Morgan fingerprint density at radius 2 is 1.86 bits per heavy atom. The first kappa shape index (κ1) is 14.7. The summed E-state index contributed by atoms with van der Waals surface area (Å²) in [4.78, 5) is 35.5. The van der Waals surface area contributed by atoms with Gasteiger partial charge in [-0.05, 0) is 28.1 Å². The third kappa shape index (κ3) is 2.03. The summed E-state index contributed by atoms with van der Waals surface area (Å²) in [5, 5.41) is 2.15. The number of halogens is 3. The van der Waals surface area contributed by atoms with Gasteiger partial charge in [0.15, 0.2) is 0 Å². The highest BCUT2D eigenvalue weighted by molar-refractivity contribution is 9.10. The van der Waals surface area contributed by atoms with Crippen LogP contribution in [0.1, 0.15) is 20.7 Å². The lowest BCUT2D eigenvalue weighted by Gasteiger charge is -2.14. The molecule has 0 spiro atoms. The van der Waals surface area contributed by atoms with Gasteiger partial charge >= 0.3 is 0 Å². The molecular formula is C13H6BrClFN3O3. The number of imide groups is 1. The van der Waals surface area contributed by atoms with Gasteiger partial charge in [0.25, 0.3) is 17.4 Å².